The van der Waals surface area contributed by atoms with E-state index in [0.29, 0.717) is 11.1 Å². The molecule has 0 saturated carbocycles. The fourth-order valence-corrected chi connectivity index (χ4v) is 10.8. The lowest BCUT2D eigenvalue weighted by atomic mass is 9.80. The first-order valence-corrected chi connectivity index (χ1v) is 28.7. The second-order valence-corrected chi connectivity index (χ2v) is 21.3. The van der Waals surface area contributed by atoms with Crippen LogP contribution >= 0.6 is 11.6 Å². The largest absolute Gasteiger partial charge is 0.463 e. The van der Waals surface area contributed by atoms with Crippen molar-refractivity contribution in [1.29, 1.82) is 0 Å². The van der Waals surface area contributed by atoms with E-state index in [1.54, 1.807) is 30.3 Å². The number of halogens is 1. The van der Waals surface area contributed by atoms with Gasteiger partial charge < -0.3 is 58.0 Å². The normalized spacial score (nSPS) is 21.9. The molecule has 7 aromatic carbocycles. The molecular formula is C68H71ClN2O14. The molecule has 10 atom stereocenters. The topological polar surface area (TPSA) is 185 Å². The van der Waals surface area contributed by atoms with Crippen LogP contribution in [0.25, 0.3) is 11.1 Å². The predicted octanol–water partition coefficient (Wildman–Crippen LogP) is 10.7. The van der Waals surface area contributed by atoms with E-state index in [1.807, 2.05) is 152 Å². The Balaban J connectivity index is 1.18. The van der Waals surface area contributed by atoms with Gasteiger partial charge in [0.2, 0.25) is 6.29 Å². The van der Waals surface area contributed by atoms with Gasteiger partial charge in [-0.2, -0.15) is 0 Å². The second-order valence-electron chi connectivity index (χ2n) is 20.8. The first kappa shape index (κ1) is 61.8. The van der Waals surface area contributed by atoms with Crippen molar-refractivity contribution in [1.82, 2.24) is 10.6 Å². The predicted molar refractivity (Wildman–Crippen MR) is 318 cm³/mol. The van der Waals surface area contributed by atoms with Crippen LogP contribution in [0.4, 0.5) is 0 Å². The standard InChI is InChI=1S/C68H71ClN2O14/c1-44(72)76-42-59-61(78-37-46-20-10-5-11-21-46)57(62(79-38-47-22-12-6-13-23-47)68(85-59)83-56-34-52(33-55(69)35-56)51-30-53(66(74)70-3)32-54(31-51)67(75)71-4)36-58-63(80-39-48-24-14-7-15-25-48)65(82-41-50-28-18-9-19-29-50)64(60(84-58)43-77-45(2)73)81-40-49-26-16-8-17-27-49/h5-35,57-65,68H,36-43H2,1-4H3,(H,70,74)(H,71,75)/t57-,58+,59+,60+,61-,62-,63+,64+,65+,68-/m0/s1. The van der Waals surface area contributed by atoms with Crippen LogP contribution in [-0.4, -0.2) is 106 Å². The van der Waals surface area contributed by atoms with Crippen molar-refractivity contribution in [3.05, 3.63) is 232 Å². The zero-order chi connectivity index (χ0) is 59.5. The molecule has 2 heterocycles. The number of esters is 2. The Morgan fingerprint density at radius 3 is 1.24 bits per heavy atom. The molecular weight excluding hydrogens is 1100 g/mol. The summed E-state index contributed by atoms with van der Waals surface area (Å²) in [6.07, 6.45) is -8.41. The lowest BCUT2D eigenvalue weighted by Crippen LogP contribution is -2.64. The van der Waals surface area contributed by atoms with E-state index in [2.05, 4.69) is 10.6 Å². The maximum atomic E-state index is 13.1. The van der Waals surface area contributed by atoms with Crippen molar-refractivity contribution in [2.75, 3.05) is 27.3 Å². The number of carbonyl (C=O) groups is 4. The minimum Gasteiger partial charge on any atom is -0.463 e. The zero-order valence-corrected chi connectivity index (χ0v) is 48.7. The molecule has 2 amide bonds. The highest BCUT2D eigenvalue weighted by atomic mass is 35.5. The van der Waals surface area contributed by atoms with Crippen molar-refractivity contribution in [3.8, 4) is 16.9 Å². The monoisotopic (exact) mass is 1170 g/mol. The number of amides is 2. The van der Waals surface area contributed by atoms with Crippen molar-refractivity contribution in [2.24, 2.45) is 5.92 Å². The summed E-state index contributed by atoms with van der Waals surface area (Å²) >= 11 is 6.97. The van der Waals surface area contributed by atoms with Gasteiger partial charge in [-0.25, -0.2) is 0 Å². The summed E-state index contributed by atoms with van der Waals surface area (Å²) in [5.74, 6) is -2.36. The van der Waals surface area contributed by atoms with Crippen molar-refractivity contribution >= 4 is 35.4 Å². The highest BCUT2D eigenvalue weighted by Gasteiger charge is 2.54. The summed E-state index contributed by atoms with van der Waals surface area (Å²) in [6, 6.07) is 58.5. The van der Waals surface area contributed by atoms with E-state index < -0.39 is 84.8 Å². The SMILES string of the molecule is CNC(=O)c1cc(C(=O)NC)cc(-c2cc(Cl)cc(O[C@H]3O[C@H](COC(C)=O)[C@@H](OCc4ccccc4)[C@H](C[C@H]4O[C@H](COC(C)=O)[C@@H](OCc5ccccc5)[C@H](OCc5ccccc5)[C@@H]4OCc4ccccc4)[C@@H]3OCc3ccccc3)c2)c1. The van der Waals surface area contributed by atoms with E-state index >= 15 is 0 Å². The lowest BCUT2D eigenvalue weighted by molar-refractivity contribution is -0.304. The summed E-state index contributed by atoms with van der Waals surface area (Å²) in [5.41, 5.74) is 5.94. The van der Waals surface area contributed by atoms with E-state index in [0.717, 1.165) is 27.8 Å². The highest BCUT2D eigenvalue weighted by molar-refractivity contribution is 6.31. The molecule has 17 heteroatoms. The van der Waals surface area contributed by atoms with Gasteiger partial charge in [-0.05, 0) is 81.8 Å². The molecule has 0 spiro atoms. The smallest absolute Gasteiger partial charge is 0.302 e. The molecule has 2 saturated heterocycles. The van der Waals surface area contributed by atoms with Crippen molar-refractivity contribution in [3.63, 3.8) is 0 Å². The van der Waals surface area contributed by atoms with E-state index in [9.17, 15) is 19.2 Å². The Hall–Kier alpha value is -7.77. The van der Waals surface area contributed by atoms with Gasteiger partial charge in [-0.3, -0.25) is 19.2 Å². The summed E-state index contributed by atoms with van der Waals surface area (Å²) in [5, 5.41) is 5.56. The van der Waals surface area contributed by atoms with Gasteiger partial charge in [0.15, 0.2) is 0 Å². The Morgan fingerprint density at radius 2 is 0.812 bits per heavy atom. The lowest BCUT2D eigenvalue weighted by Gasteiger charge is -2.50. The number of ether oxygens (including phenoxy) is 10. The number of hydrogen-bond acceptors (Lipinski definition) is 14. The molecule has 444 valence electrons. The minimum atomic E-state index is -1.27. The third-order valence-corrected chi connectivity index (χ3v) is 14.9. The van der Waals surface area contributed by atoms with Gasteiger partial charge in [0.05, 0.1) is 45.2 Å². The molecule has 2 aliphatic heterocycles. The molecule has 9 rings (SSSR count). The summed E-state index contributed by atoms with van der Waals surface area (Å²) in [6.45, 7) is 2.94. The number of hydrogen-bond donors (Lipinski definition) is 2. The zero-order valence-electron chi connectivity index (χ0n) is 47.9. The first-order valence-electron chi connectivity index (χ1n) is 28.3. The molecule has 2 aliphatic rings. The van der Waals surface area contributed by atoms with Gasteiger partial charge in [0.25, 0.3) is 11.8 Å². The van der Waals surface area contributed by atoms with Crippen LogP contribution in [-0.2, 0) is 85.3 Å². The Labute approximate surface area is 500 Å². The maximum Gasteiger partial charge on any atom is 0.302 e. The fraction of sp³-hybridized carbons (Fsp3) is 0.324. The van der Waals surface area contributed by atoms with Gasteiger partial charge >= 0.3 is 11.9 Å². The summed E-state index contributed by atoms with van der Waals surface area (Å²) in [4.78, 5) is 51.9. The molecule has 0 bridgehead atoms. The van der Waals surface area contributed by atoms with Crippen LogP contribution in [0.2, 0.25) is 5.02 Å². The number of rotatable bonds is 26. The molecule has 16 nitrogen and oxygen atoms in total. The Morgan fingerprint density at radius 1 is 0.435 bits per heavy atom. The van der Waals surface area contributed by atoms with E-state index in [1.165, 1.54) is 34.0 Å². The second kappa shape index (κ2) is 30.9. The minimum absolute atomic E-state index is 0.0906. The average molecular weight is 1180 g/mol. The molecule has 2 fully saturated rings. The molecule has 0 aliphatic carbocycles. The molecule has 0 aromatic heterocycles. The molecule has 0 unspecified atom stereocenters. The van der Waals surface area contributed by atoms with Gasteiger partial charge in [-0.1, -0.05) is 163 Å². The van der Waals surface area contributed by atoms with Crippen LogP contribution in [0.15, 0.2) is 188 Å². The summed E-state index contributed by atoms with van der Waals surface area (Å²) in [7, 11) is 3.02. The first-order chi connectivity index (χ1) is 41.4. The highest BCUT2D eigenvalue weighted by Crippen LogP contribution is 2.42. The van der Waals surface area contributed by atoms with Gasteiger partial charge in [0, 0.05) is 50.0 Å². The molecule has 85 heavy (non-hydrogen) atoms. The van der Waals surface area contributed by atoms with Gasteiger partial charge in [-0.15, -0.1) is 0 Å². The number of benzene rings is 7. The van der Waals surface area contributed by atoms with Gasteiger partial charge in [0.1, 0.15) is 55.6 Å². The maximum absolute atomic E-state index is 13.1. The Bertz CT molecular complexity index is 3220. The van der Waals surface area contributed by atoms with Crippen LogP contribution in [0.3, 0.4) is 0 Å². The van der Waals surface area contributed by atoms with E-state index in [4.69, 9.17) is 59.0 Å². The number of carbonyl (C=O) groups excluding carboxylic acids is 4. The van der Waals surface area contributed by atoms with Crippen molar-refractivity contribution in [2.45, 2.75) is 108 Å². The molecule has 2 N–H and O–H groups in total. The van der Waals surface area contributed by atoms with Crippen molar-refractivity contribution < 1.29 is 66.5 Å². The number of nitrogens with one attached hydrogen (secondary N) is 2. The quantitative estimate of drug-likeness (QED) is 0.0488. The van der Waals surface area contributed by atoms with Crippen LogP contribution < -0.4 is 15.4 Å². The molecule has 0 radical (unpaired) electrons. The van der Waals surface area contributed by atoms with E-state index in [-0.39, 0.29) is 74.6 Å². The van der Waals surface area contributed by atoms with Crippen LogP contribution in [0.5, 0.6) is 5.75 Å². The third-order valence-electron chi connectivity index (χ3n) is 14.7. The average Bonchev–Trinajstić information content (AvgIpc) is 1.82. The van der Waals surface area contributed by atoms with Crippen LogP contribution in [0, 0.1) is 5.92 Å². The fourth-order valence-electron chi connectivity index (χ4n) is 10.6. The Kier molecular flexibility index (Phi) is 22.4. The molecule has 7 aromatic rings. The third kappa shape index (κ3) is 17.4. The summed E-state index contributed by atoms with van der Waals surface area (Å²) < 4.78 is 68.4. The van der Waals surface area contributed by atoms with Crippen LogP contribution in [0.1, 0.15) is 68.8 Å².